The van der Waals surface area contributed by atoms with Gasteiger partial charge in [0.15, 0.2) is 5.78 Å². The maximum atomic E-state index is 12.2. The highest BCUT2D eigenvalue weighted by molar-refractivity contribution is 5.95. The number of ketones is 1. The molecule has 3 heteroatoms. The third-order valence-electron chi connectivity index (χ3n) is 8.79. The minimum atomic E-state index is 0.107. The van der Waals surface area contributed by atoms with Gasteiger partial charge in [0.2, 0.25) is 0 Å². The van der Waals surface area contributed by atoms with E-state index < -0.39 is 0 Å². The van der Waals surface area contributed by atoms with Crippen LogP contribution >= 0.6 is 0 Å². The van der Waals surface area contributed by atoms with Crippen molar-refractivity contribution in [2.75, 3.05) is 13.2 Å². The van der Waals surface area contributed by atoms with Crippen LogP contribution in [-0.2, 0) is 14.3 Å². The van der Waals surface area contributed by atoms with Crippen molar-refractivity contribution < 1.29 is 14.3 Å². The number of hydrogen-bond donors (Lipinski definition) is 0. The van der Waals surface area contributed by atoms with Crippen LogP contribution in [0.2, 0.25) is 0 Å². The number of fused-ring (bicyclic) bond motifs is 6. The topological polar surface area (TPSA) is 35.5 Å². The molecule has 2 unspecified atom stereocenters. The number of hydrogen-bond acceptors (Lipinski definition) is 3. The number of rotatable bonds is 1. The summed E-state index contributed by atoms with van der Waals surface area (Å²) in [7, 11) is 0. The van der Waals surface area contributed by atoms with Crippen LogP contribution in [0.15, 0.2) is 23.3 Å². The number of carbonyl (C=O) groups excluding carboxylic acids is 1. The van der Waals surface area contributed by atoms with Crippen LogP contribution in [0.3, 0.4) is 0 Å². The summed E-state index contributed by atoms with van der Waals surface area (Å²) in [6.45, 7) is 8.12. The van der Waals surface area contributed by atoms with Crippen molar-refractivity contribution in [2.45, 2.75) is 71.5 Å². The fourth-order valence-electron chi connectivity index (χ4n) is 7.50. The van der Waals surface area contributed by atoms with Crippen molar-refractivity contribution in [2.24, 2.45) is 28.6 Å². The quantitative estimate of drug-likeness (QED) is 0.650. The first kappa shape index (κ1) is 17.2. The molecule has 3 nitrogen and oxygen atoms in total. The number of allylic oxidation sites excluding steroid dienone is 3. The lowest BCUT2D eigenvalue weighted by Gasteiger charge is -2.59. The van der Waals surface area contributed by atoms with Gasteiger partial charge in [0, 0.05) is 0 Å². The van der Waals surface area contributed by atoms with E-state index in [1.54, 1.807) is 12.5 Å². The van der Waals surface area contributed by atoms with Crippen molar-refractivity contribution in [1.82, 2.24) is 0 Å². The van der Waals surface area contributed by atoms with Crippen LogP contribution in [0, 0.1) is 28.6 Å². The van der Waals surface area contributed by atoms with Crippen LogP contribution < -0.4 is 0 Å². The lowest BCUT2D eigenvalue weighted by molar-refractivity contribution is -0.172. The van der Waals surface area contributed by atoms with E-state index in [-0.39, 0.29) is 23.0 Å². The molecule has 0 aromatic carbocycles. The molecule has 0 bridgehead atoms. The summed E-state index contributed by atoms with van der Waals surface area (Å²) in [5, 5.41) is 0. The molecule has 3 fully saturated rings. The first-order valence-electron chi connectivity index (χ1n) is 10.6. The zero-order valence-electron chi connectivity index (χ0n) is 16.4. The van der Waals surface area contributed by atoms with Crippen LogP contribution in [0.1, 0.15) is 59.3 Å². The van der Waals surface area contributed by atoms with E-state index in [4.69, 9.17) is 9.47 Å². The maximum absolute atomic E-state index is 12.2. The van der Waals surface area contributed by atoms with Gasteiger partial charge in [-0.15, -0.1) is 0 Å². The Morgan fingerprint density at radius 2 is 1.81 bits per heavy atom. The summed E-state index contributed by atoms with van der Waals surface area (Å²) in [6.07, 6.45) is 12.2. The zero-order valence-corrected chi connectivity index (χ0v) is 16.4. The van der Waals surface area contributed by atoms with Gasteiger partial charge >= 0.3 is 0 Å². The number of ether oxygens (including phenoxy) is 2. The van der Waals surface area contributed by atoms with Crippen molar-refractivity contribution in [3.63, 3.8) is 0 Å². The van der Waals surface area contributed by atoms with Gasteiger partial charge in [-0.3, -0.25) is 4.79 Å². The van der Waals surface area contributed by atoms with E-state index in [9.17, 15) is 4.79 Å². The molecule has 0 spiro atoms. The van der Waals surface area contributed by atoms with Crippen LogP contribution in [0.4, 0.5) is 0 Å². The van der Waals surface area contributed by atoms with Crippen molar-refractivity contribution in [3.8, 4) is 0 Å². The standard InChI is InChI=1S/C23H32O3/c1-14(24)17-6-7-18-16-5-4-15-12-20-21(26-11-10-25-20)13-23(15,3)19(16)8-9-22(17,18)2/h4,6,16,18-21H,5,7-13H2,1-3H3/t16-,18-,19-,20?,21?,22+,23-/m0/s1. The molecule has 1 aliphatic heterocycles. The van der Waals surface area contributed by atoms with E-state index in [2.05, 4.69) is 26.0 Å². The Morgan fingerprint density at radius 3 is 2.58 bits per heavy atom. The molecule has 0 amide bonds. The summed E-state index contributed by atoms with van der Waals surface area (Å²) in [5.74, 6) is 2.36. The number of Topliss-reactive ketones (excluding diaryl/α,β-unsaturated/α-hetero) is 1. The fourth-order valence-corrected chi connectivity index (χ4v) is 7.50. The molecule has 0 aromatic heterocycles. The molecule has 0 N–H and O–H groups in total. The SMILES string of the molecule is CC(=O)C1=CC[C@H]2[C@@H]3CC=C4CC5OCCOC5C[C@]4(C)[C@H]3CC[C@]12C. The Morgan fingerprint density at radius 1 is 1.04 bits per heavy atom. The van der Waals surface area contributed by atoms with Crippen molar-refractivity contribution in [1.29, 1.82) is 0 Å². The highest BCUT2D eigenvalue weighted by atomic mass is 16.6. The largest absolute Gasteiger partial charge is 0.373 e. The van der Waals surface area contributed by atoms with Gasteiger partial charge in [-0.25, -0.2) is 0 Å². The van der Waals surface area contributed by atoms with Gasteiger partial charge in [-0.1, -0.05) is 31.6 Å². The third kappa shape index (κ3) is 2.22. The second-order valence-corrected chi connectivity index (χ2v) is 9.85. The van der Waals surface area contributed by atoms with Crippen LogP contribution in [0.25, 0.3) is 0 Å². The Bertz CT molecular complexity index is 692. The first-order chi connectivity index (χ1) is 12.4. The summed E-state index contributed by atoms with van der Waals surface area (Å²) < 4.78 is 12.1. The van der Waals surface area contributed by atoms with Crippen molar-refractivity contribution in [3.05, 3.63) is 23.3 Å². The fraction of sp³-hybridized carbons (Fsp3) is 0.783. The summed E-state index contributed by atoms with van der Waals surface area (Å²) >= 11 is 0. The molecular weight excluding hydrogens is 324 g/mol. The molecule has 7 atom stereocenters. The number of carbonyl (C=O) groups is 1. The lowest BCUT2D eigenvalue weighted by atomic mass is 9.47. The molecule has 0 radical (unpaired) electrons. The van der Waals surface area contributed by atoms with Gasteiger partial charge < -0.3 is 9.47 Å². The van der Waals surface area contributed by atoms with Gasteiger partial charge in [0.05, 0.1) is 25.4 Å². The Hall–Kier alpha value is -0.930. The average Bonchev–Trinajstić information content (AvgIpc) is 2.97. The van der Waals surface area contributed by atoms with Gasteiger partial charge in [-0.2, -0.15) is 0 Å². The summed E-state index contributed by atoms with van der Waals surface area (Å²) in [5.41, 5.74) is 3.11. The monoisotopic (exact) mass is 356 g/mol. The van der Waals surface area contributed by atoms with Crippen molar-refractivity contribution >= 4 is 5.78 Å². The second kappa shape index (κ2) is 5.78. The molecule has 0 aromatic rings. The van der Waals surface area contributed by atoms with E-state index in [1.165, 1.54) is 19.3 Å². The molecule has 4 aliphatic carbocycles. The summed E-state index contributed by atoms with van der Waals surface area (Å²) in [6, 6.07) is 0. The first-order valence-corrected chi connectivity index (χ1v) is 10.6. The highest BCUT2D eigenvalue weighted by Gasteiger charge is 2.58. The van der Waals surface area contributed by atoms with Gasteiger partial charge in [0.25, 0.3) is 0 Å². The third-order valence-corrected chi connectivity index (χ3v) is 8.79. The predicted octanol–water partition coefficient (Wildman–Crippen LogP) is 4.47. The van der Waals surface area contributed by atoms with E-state index in [0.717, 1.165) is 44.0 Å². The van der Waals surface area contributed by atoms with E-state index >= 15 is 0 Å². The van der Waals surface area contributed by atoms with E-state index in [0.29, 0.717) is 17.6 Å². The minimum Gasteiger partial charge on any atom is -0.373 e. The summed E-state index contributed by atoms with van der Waals surface area (Å²) in [4.78, 5) is 12.2. The molecule has 5 aliphatic rings. The molecular formula is C23H32O3. The molecule has 142 valence electrons. The van der Waals surface area contributed by atoms with Gasteiger partial charge in [-0.05, 0) is 79.6 Å². The molecule has 26 heavy (non-hydrogen) atoms. The average molecular weight is 357 g/mol. The van der Waals surface area contributed by atoms with Crippen LogP contribution in [0.5, 0.6) is 0 Å². The maximum Gasteiger partial charge on any atom is 0.156 e. The molecule has 2 saturated carbocycles. The molecule has 5 rings (SSSR count). The zero-order chi connectivity index (χ0) is 18.1. The minimum absolute atomic E-state index is 0.107. The second-order valence-electron chi connectivity index (χ2n) is 9.85. The molecule has 1 saturated heterocycles. The Balaban J connectivity index is 1.46. The molecule has 1 heterocycles. The lowest BCUT2D eigenvalue weighted by Crippen LogP contribution is -2.54. The Kier molecular flexibility index (Phi) is 3.82. The van der Waals surface area contributed by atoms with Crippen LogP contribution in [-0.4, -0.2) is 31.2 Å². The predicted molar refractivity (Wildman–Crippen MR) is 101 cm³/mol. The normalized spacial score (nSPS) is 49.9. The highest BCUT2D eigenvalue weighted by Crippen LogP contribution is 2.65. The van der Waals surface area contributed by atoms with Gasteiger partial charge in [0.1, 0.15) is 0 Å². The smallest absolute Gasteiger partial charge is 0.156 e. The Labute approximate surface area is 157 Å². The van der Waals surface area contributed by atoms with E-state index in [1.807, 2.05) is 0 Å².